The highest BCUT2D eigenvalue weighted by Gasteiger charge is 2.37. The molecule has 3 atom stereocenters. The van der Waals surface area contributed by atoms with E-state index >= 15 is 0 Å². The van der Waals surface area contributed by atoms with Crippen molar-refractivity contribution < 1.29 is 4.90 Å². The number of fused-ring (bicyclic) bond motifs is 4. The topological polar surface area (TPSA) is 26.4 Å². The van der Waals surface area contributed by atoms with Crippen LogP contribution in [-0.4, -0.2) is 23.9 Å². The van der Waals surface area contributed by atoms with Crippen molar-refractivity contribution in [2.24, 2.45) is 5.92 Å². The van der Waals surface area contributed by atoms with E-state index in [1.807, 2.05) is 11.3 Å². The summed E-state index contributed by atoms with van der Waals surface area (Å²) < 4.78 is 2.08. The average molecular weight is 410 g/mol. The minimum absolute atomic E-state index is 0.186. The number of hydrogen-bond donors (Lipinski definition) is 1. The van der Waals surface area contributed by atoms with Gasteiger partial charge in [-0.2, -0.15) is 0 Å². The van der Waals surface area contributed by atoms with Crippen molar-refractivity contribution in [2.75, 3.05) is 19.3 Å². The highest BCUT2D eigenvalue weighted by molar-refractivity contribution is 7.98. The van der Waals surface area contributed by atoms with E-state index in [2.05, 4.69) is 64.7 Å². The molecule has 0 spiro atoms. The third-order valence-corrected chi connectivity index (χ3v) is 7.82. The number of quaternary nitrogens is 1. The molecular formula is C23H25N2OS2+. The Bertz CT molecular complexity index is 1020. The molecule has 2 aliphatic heterocycles. The fourth-order valence-corrected chi connectivity index (χ4v) is 6.15. The Morgan fingerprint density at radius 1 is 1.14 bits per heavy atom. The number of aromatic nitrogens is 1. The van der Waals surface area contributed by atoms with Crippen molar-refractivity contribution in [3.63, 3.8) is 0 Å². The van der Waals surface area contributed by atoms with Gasteiger partial charge in [0.25, 0.3) is 5.56 Å². The summed E-state index contributed by atoms with van der Waals surface area (Å²) in [6, 6.07) is 17.0. The summed E-state index contributed by atoms with van der Waals surface area (Å²) in [5.41, 5.74) is 3.29. The first kappa shape index (κ1) is 18.2. The standard InChI is InChI=1S/C23H24N2OS2/c1-27-19-6-4-17(5-7-19)21-8-9-22-18-11-16(13-25(22)23(21)26)12-24(14-18)15-20-3-2-10-28-20/h2-10,16,18H,11-15H2,1H3/p+1/t16-,18+/m0/s1. The average Bonchev–Trinajstić information content (AvgIpc) is 3.22. The van der Waals surface area contributed by atoms with Crippen LogP contribution in [0, 0.1) is 5.92 Å². The predicted octanol–water partition coefficient (Wildman–Crippen LogP) is 3.50. The SMILES string of the molecule is CSc1ccc(-c2ccc3n(c2=O)C[C@H]2C[C@@H]3C[NH+](Cc3cccs3)C2)cc1. The molecule has 2 aliphatic rings. The first-order valence-electron chi connectivity index (χ1n) is 9.95. The quantitative estimate of drug-likeness (QED) is 0.668. The second-order valence-corrected chi connectivity index (χ2v) is 9.94. The van der Waals surface area contributed by atoms with Crippen LogP contribution in [0.4, 0.5) is 0 Å². The Morgan fingerprint density at radius 2 is 2.00 bits per heavy atom. The van der Waals surface area contributed by atoms with Gasteiger partial charge in [-0.05, 0) is 54.0 Å². The van der Waals surface area contributed by atoms with Crippen LogP contribution in [0.5, 0.6) is 0 Å². The van der Waals surface area contributed by atoms with E-state index in [4.69, 9.17) is 0 Å². The van der Waals surface area contributed by atoms with Gasteiger partial charge in [-0.1, -0.05) is 18.2 Å². The number of pyridine rings is 1. The zero-order valence-electron chi connectivity index (χ0n) is 16.1. The van der Waals surface area contributed by atoms with Gasteiger partial charge in [-0.25, -0.2) is 0 Å². The fraction of sp³-hybridized carbons (Fsp3) is 0.348. The molecule has 5 rings (SSSR count). The lowest BCUT2D eigenvalue weighted by Gasteiger charge is -2.40. The van der Waals surface area contributed by atoms with Crippen molar-refractivity contribution in [3.05, 3.63) is 74.8 Å². The van der Waals surface area contributed by atoms with Crippen molar-refractivity contribution in [1.82, 2.24) is 4.57 Å². The molecule has 1 saturated heterocycles. The van der Waals surface area contributed by atoms with E-state index in [-0.39, 0.29) is 5.56 Å². The maximum Gasteiger partial charge on any atom is 0.258 e. The smallest absolute Gasteiger partial charge is 0.258 e. The molecule has 1 fully saturated rings. The number of nitrogens with one attached hydrogen (secondary N) is 1. The highest BCUT2D eigenvalue weighted by atomic mass is 32.2. The molecule has 0 radical (unpaired) electrons. The Balaban J connectivity index is 1.44. The van der Waals surface area contributed by atoms with Gasteiger partial charge in [-0.15, -0.1) is 23.1 Å². The predicted molar refractivity (Wildman–Crippen MR) is 117 cm³/mol. The molecule has 144 valence electrons. The Labute approximate surface area is 174 Å². The van der Waals surface area contributed by atoms with Gasteiger partial charge in [0.15, 0.2) is 0 Å². The summed E-state index contributed by atoms with van der Waals surface area (Å²) in [5, 5.41) is 2.17. The summed E-state index contributed by atoms with van der Waals surface area (Å²) in [4.78, 5) is 17.7. The molecule has 1 aromatic carbocycles. The minimum Gasteiger partial charge on any atom is -0.330 e. The van der Waals surface area contributed by atoms with Crippen molar-refractivity contribution in [3.8, 4) is 11.1 Å². The van der Waals surface area contributed by atoms with Crippen LogP contribution in [0.25, 0.3) is 11.1 Å². The Morgan fingerprint density at radius 3 is 2.75 bits per heavy atom. The lowest BCUT2D eigenvalue weighted by molar-refractivity contribution is -0.924. The van der Waals surface area contributed by atoms with Gasteiger partial charge in [0.2, 0.25) is 0 Å². The molecule has 2 bridgehead atoms. The summed E-state index contributed by atoms with van der Waals surface area (Å²) in [6.07, 6.45) is 3.31. The molecule has 4 heterocycles. The number of rotatable bonds is 4. The number of thiophene rings is 1. The molecule has 0 saturated carbocycles. The lowest BCUT2D eigenvalue weighted by atomic mass is 9.82. The number of hydrogen-bond acceptors (Lipinski definition) is 3. The van der Waals surface area contributed by atoms with Gasteiger partial charge < -0.3 is 9.47 Å². The summed E-state index contributed by atoms with van der Waals surface area (Å²) in [5.74, 6) is 1.11. The second kappa shape index (κ2) is 7.54. The van der Waals surface area contributed by atoms with E-state index in [1.165, 1.54) is 28.4 Å². The lowest BCUT2D eigenvalue weighted by Crippen LogP contribution is -3.13. The van der Waals surface area contributed by atoms with Crippen LogP contribution in [0.2, 0.25) is 0 Å². The van der Waals surface area contributed by atoms with Gasteiger partial charge in [0, 0.05) is 34.5 Å². The number of thioether (sulfide) groups is 1. The van der Waals surface area contributed by atoms with Gasteiger partial charge in [-0.3, -0.25) is 4.79 Å². The van der Waals surface area contributed by atoms with E-state index in [0.29, 0.717) is 11.8 Å². The summed E-state index contributed by atoms with van der Waals surface area (Å²) >= 11 is 3.58. The zero-order valence-corrected chi connectivity index (χ0v) is 17.7. The van der Waals surface area contributed by atoms with Crippen LogP contribution in [0.1, 0.15) is 22.9 Å². The van der Waals surface area contributed by atoms with Crippen molar-refractivity contribution >= 4 is 23.1 Å². The molecular weight excluding hydrogens is 384 g/mol. The summed E-state index contributed by atoms with van der Waals surface area (Å²) in [7, 11) is 0. The molecule has 2 aromatic heterocycles. The van der Waals surface area contributed by atoms with Crippen LogP contribution >= 0.6 is 23.1 Å². The van der Waals surface area contributed by atoms with Gasteiger partial charge in [0.05, 0.1) is 18.0 Å². The zero-order chi connectivity index (χ0) is 19.1. The third-order valence-electron chi connectivity index (χ3n) is 6.20. The molecule has 1 N–H and O–H groups in total. The molecule has 1 unspecified atom stereocenters. The number of benzene rings is 1. The first-order chi connectivity index (χ1) is 13.7. The first-order valence-corrected chi connectivity index (χ1v) is 12.1. The maximum absolute atomic E-state index is 13.3. The van der Waals surface area contributed by atoms with E-state index < -0.39 is 0 Å². The maximum atomic E-state index is 13.3. The third kappa shape index (κ3) is 3.36. The monoisotopic (exact) mass is 409 g/mol. The number of likely N-dealkylation sites (tertiary alicyclic amines) is 1. The molecule has 0 aliphatic carbocycles. The Hall–Kier alpha value is -1.82. The fourth-order valence-electron chi connectivity index (χ4n) is 4.96. The summed E-state index contributed by atoms with van der Waals surface area (Å²) in [6.45, 7) is 4.30. The van der Waals surface area contributed by atoms with Crippen LogP contribution < -0.4 is 10.5 Å². The van der Waals surface area contributed by atoms with Crippen LogP contribution in [-0.2, 0) is 13.1 Å². The van der Waals surface area contributed by atoms with E-state index in [9.17, 15) is 4.79 Å². The second-order valence-electron chi connectivity index (χ2n) is 8.03. The van der Waals surface area contributed by atoms with Crippen LogP contribution in [0.3, 0.4) is 0 Å². The van der Waals surface area contributed by atoms with Gasteiger partial charge >= 0.3 is 0 Å². The van der Waals surface area contributed by atoms with Crippen molar-refractivity contribution in [1.29, 1.82) is 0 Å². The molecule has 3 aromatic rings. The largest absolute Gasteiger partial charge is 0.330 e. The minimum atomic E-state index is 0.186. The molecule has 28 heavy (non-hydrogen) atoms. The normalized spacial score (nSPS) is 23.4. The number of piperidine rings is 1. The van der Waals surface area contributed by atoms with E-state index in [0.717, 1.165) is 30.8 Å². The molecule has 5 heteroatoms. The molecule has 3 nitrogen and oxygen atoms in total. The molecule has 0 amide bonds. The number of nitrogens with zero attached hydrogens (tertiary/aromatic N) is 1. The van der Waals surface area contributed by atoms with Crippen molar-refractivity contribution in [2.45, 2.75) is 30.3 Å². The highest BCUT2D eigenvalue weighted by Crippen LogP contribution is 2.32. The van der Waals surface area contributed by atoms with E-state index in [1.54, 1.807) is 16.7 Å². The Kier molecular flexibility index (Phi) is 4.91. The van der Waals surface area contributed by atoms with Crippen LogP contribution in [0.15, 0.2) is 63.6 Å². The van der Waals surface area contributed by atoms with Gasteiger partial charge in [0.1, 0.15) is 6.54 Å².